The van der Waals surface area contributed by atoms with E-state index in [4.69, 9.17) is 24.2 Å². The van der Waals surface area contributed by atoms with E-state index in [1.165, 1.54) is 0 Å². The zero-order valence-electron chi connectivity index (χ0n) is 26.6. The number of amides is 1. The molecule has 46 heavy (non-hydrogen) atoms. The van der Waals surface area contributed by atoms with Gasteiger partial charge in [-0.1, -0.05) is 26.0 Å². The van der Waals surface area contributed by atoms with Gasteiger partial charge in [-0.15, -0.1) is 0 Å². The van der Waals surface area contributed by atoms with Gasteiger partial charge in [0.15, 0.2) is 6.29 Å². The Balaban J connectivity index is 1.35. The molecule has 0 aliphatic carbocycles. The van der Waals surface area contributed by atoms with E-state index in [9.17, 15) is 4.79 Å². The molecule has 9 heteroatoms. The van der Waals surface area contributed by atoms with Crippen LogP contribution < -0.4 is 5.32 Å². The minimum Gasteiger partial charge on any atom is -0.444 e. The van der Waals surface area contributed by atoms with Crippen molar-refractivity contribution in [3.8, 4) is 11.1 Å². The number of fused-ring (bicyclic) bond motifs is 8. The van der Waals surface area contributed by atoms with E-state index < -0.39 is 18.0 Å². The second-order valence-corrected chi connectivity index (χ2v) is 13.6. The summed E-state index contributed by atoms with van der Waals surface area (Å²) in [5.41, 5.74) is 9.62. The Bertz CT molecular complexity index is 1940. The normalized spacial score (nSPS) is 16.0. The summed E-state index contributed by atoms with van der Waals surface area (Å²) in [5.74, 6) is 0. The van der Waals surface area contributed by atoms with Crippen LogP contribution in [0.4, 0.5) is 10.5 Å². The zero-order chi connectivity index (χ0) is 32.1. The van der Waals surface area contributed by atoms with Gasteiger partial charge < -0.3 is 24.2 Å². The maximum Gasteiger partial charge on any atom is 0.412 e. The molecule has 0 radical (unpaired) electrons. The number of aromatic nitrogens is 4. The first-order chi connectivity index (χ1) is 22.0. The van der Waals surface area contributed by atoms with Crippen LogP contribution in [0.5, 0.6) is 0 Å². The summed E-state index contributed by atoms with van der Waals surface area (Å²) in [6, 6.07) is 20.0. The molecule has 0 spiro atoms. The number of H-pyrrole nitrogens is 2. The lowest BCUT2D eigenvalue weighted by molar-refractivity contribution is -0.226. The molecule has 8 bridgehead atoms. The highest BCUT2D eigenvalue weighted by Gasteiger charge is 2.32. The minimum atomic E-state index is -0.580. The van der Waals surface area contributed by atoms with Gasteiger partial charge in [-0.25, -0.2) is 14.8 Å². The van der Waals surface area contributed by atoms with Crippen molar-refractivity contribution in [2.24, 2.45) is 5.41 Å². The van der Waals surface area contributed by atoms with Gasteiger partial charge in [-0.2, -0.15) is 0 Å². The maximum atomic E-state index is 12.3. The number of aromatic amines is 2. The Morgan fingerprint density at radius 2 is 1.37 bits per heavy atom. The lowest BCUT2D eigenvalue weighted by atomic mass is 9.95. The highest BCUT2D eigenvalue weighted by molar-refractivity contribution is 5.94. The number of ether oxygens (including phenoxy) is 3. The highest BCUT2D eigenvalue weighted by Crippen LogP contribution is 2.36. The molecule has 0 atom stereocenters. The molecule has 0 saturated carbocycles. The number of carbonyl (C=O) groups excluding carboxylic acids is 1. The van der Waals surface area contributed by atoms with Crippen molar-refractivity contribution >= 4 is 58.2 Å². The first-order valence-electron chi connectivity index (χ1n) is 15.4. The summed E-state index contributed by atoms with van der Waals surface area (Å²) in [6.07, 6.45) is 6.93. The zero-order valence-corrected chi connectivity index (χ0v) is 26.6. The van der Waals surface area contributed by atoms with E-state index in [1.807, 2.05) is 93.6 Å². The highest BCUT2D eigenvalue weighted by atomic mass is 16.7. The number of anilines is 1. The van der Waals surface area contributed by atoms with Crippen molar-refractivity contribution < 1.29 is 19.0 Å². The lowest BCUT2D eigenvalue weighted by Gasteiger charge is -2.35. The number of benzene rings is 1. The van der Waals surface area contributed by atoms with Crippen molar-refractivity contribution in [3.05, 3.63) is 89.0 Å². The van der Waals surface area contributed by atoms with E-state index in [0.29, 0.717) is 18.9 Å². The molecular weight excluding hydrogens is 578 g/mol. The quantitative estimate of drug-likeness (QED) is 0.183. The fraction of sp³-hybridized carbons (Fsp3) is 0.270. The molecule has 9 nitrogen and oxygen atoms in total. The SMILES string of the molecule is CC1(C)COC(c2c3nc(cc4ccc([nH]4)c(-c4ccc(NC(=O)OC(C)(C)C)cc4)c4ccc(cc5nc2C=C5)[nH]4)C=C3)OC1. The predicted molar refractivity (Wildman–Crippen MR) is 183 cm³/mol. The van der Waals surface area contributed by atoms with E-state index in [2.05, 4.69) is 41.3 Å². The van der Waals surface area contributed by atoms with Crippen LogP contribution in [0.15, 0.2) is 60.7 Å². The van der Waals surface area contributed by atoms with Crippen molar-refractivity contribution in [1.82, 2.24) is 19.9 Å². The molecule has 1 aromatic carbocycles. The van der Waals surface area contributed by atoms with E-state index in [1.54, 1.807) is 0 Å². The largest absolute Gasteiger partial charge is 0.444 e. The first kappa shape index (κ1) is 29.7. The van der Waals surface area contributed by atoms with Gasteiger partial charge in [0.1, 0.15) is 5.60 Å². The summed E-state index contributed by atoms with van der Waals surface area (Å²) in [6.45, 7) is 10.9. The Kier molecular flexibility index (Phi) is 7.38. The fourth-order valence-electron chi connectivity index (χ4n) is 5.65. The average Bonchev–Trinajstić information content (AvgIpc) is 3.80. The summed E-state index contributed by atoms with van der Waals surface area (Å²) in [4.78, 5) is 29.4. The topological polar surface area (TPSA) is 114 Å². The number of hydrogen-bond acceptors (Lipinski definition) is 6. The van der Waals surface area contributed by atoms with Crippen LogP contribution in [-0.2, 0) is 14.2 Å². The molecule has 234 valence electrons. The van der Waals surface area contributed by atoms with Crippen LogP contribution in [0.1, 0.15) is 69.2 Å². The third kappa shape index (κ3) is 6.38. The Morgan fingerprint density at radius 1 is 0.826 bits per heavy atom. The summed E-state index contributed by atoms with van der Waals surface area (Å²) in [7, 11) is 0. The van der Waals surface area contributed by atoms with Gasteiger partial charge in [0, 0.05) is 38.7 Å². The second kappa shape index (κ2) is 11.4. The van der Waals surface area contributed by atoms with E-state index in [0.717, 1.165) is 61.5 Å². The van der Waals surface area contributed by atoms with Crippen LogP contribution in [0.25, 0.3) is 57.5 Å². The van der Waals surface area contributed by atoms with Crippen molar-refractivity contribution in [3.63, 3.8) is 0 Å². The molecule has 3 aliphatic rings. The molecule has 3 N–H and O–H groups in total. The van der Waals surface area contributed by atoms with Gasteiger partial charge in [0.25, 0.3) is 0 Å². The van der Waals surface area contributed by atoms with Crippen molar-refractivity contribution in [1.29, 1.82) is 0 Å². The Hall–Kier alpha value is -4.99. The average molecular weight is 616 g/mol. The number of carbonyl (C=O) groups is 1. The summed E-state index contributed by atoms with van der Waals surface area (Å²) < 4.78 is 17.8. The fourth-order valence-corrected chi connectivity index (χ4v) is 5.65. The first-order valence-corrected chi connectivity index (χ1v) is 15.4. The molecule has 3 aromatic heterocycles. The molecule has 3 aliphatic heterocycles. The van der Waals surface area contributed by atoms with Crippen molar-refractivity contribution in [2.45, 2.75) is 46.5 Å². The van der Waals surface area contributed by atoms with E-state index >= 15 is 0 Å². The molecular formula is C37H37N5O4. The van der Waals surface area contributed by atoms with Gasteiger partial charge >= 0.3 is 6.09 Å². The molecule has 4 aromatic rings. The van der Waals surface area contributed by atoms with Gasteiger partial charge in [0.05, 0.1) is 41.6 Å². The molecule has 7 rings (SSSR count). The molecule has 1 saturated heterocycles. The minimum absolute atomic E-state index is 0.0579. The standard InChI is InChI=1S/C37H37N5O4/c1-36(2,3)46-35(43)42-23-8-6-22(7-9-23)32-28-14-10-24(38-28)18-26-12-16-30(40-26)33(34-44-20-37(4,5)21-45-34)31-17-13-27(41-31)19-25-11-15-29(32)39-25/h6-19,34,38-39H,20-21H2,1-5H3,(H,42,43). The van der Waals surface area contributed by atoms with Crippen LogP contribution in [-0.4, -0.2) is 44.8 Å². The maximum absolute atomic E-state index is 12.3. The predicted octanol–water partition coefficient (Wildman–Crippen LogP) is 8.74. The molecule has 6 heterocycles. The van der Waals surface area contributed by atoms with Gasteiger partial charge in [-0.3, -0.25) is 5.32 Å². The van der Waals surface area contributed by atoms with Crippen LogP contribution in [0, 0.1) is 5.41 Å². The number of rotatable bonds is 3. The second-order valence-electron chi connectivity index (χ2n) is 13.6. The van der Waals surface area contributed by atoms with Crippen molar-refractivity contribution in [2.75, 3.05) is 18.5 Å². The molecule has 1 fully saturated rings. The lowest BCUT2D eigenvalue weighted by Crippen LogP contribution is -2.34. The Labute approximate surface area is 267 Å². The van der Waals surface area contributed by atoms with Gasteiger partial charge in [-0.05, 0) is 99.2 Å². The number of hydrogen-bond donors (Lipinski definition) is 3. The molecule has 1 amide bonds. The van der Waals surface area contributed by atoms with Crippen LogP contribution in [0.3, 0.4) is 0 Å². The van der Waals surface area contributed by atoms with Crippen LogP contribution in [0.2, 0.25) is 0 Å². The summed E-state index contributed by atoms with van der Waals surface area (Å²) in [5, 5.41) is 2.81. The Morgan fingerprint density at radius 3 is 1.89 bits per heavy atom. The summed E-state index contributed by atoms with van der Waals surface area (Å²) >= 11 is 0. The molecule has 0 unspecified atom stereocenters. The third-order valence-corrected chi connectivity index (χ3v) is 7.74. The van der Waals surface area contributed by atoms with Gasteiger partial charge in [0.2, 0.25) is 0 Å². The van der Waals surface area contributed by atoms with E-state index in [-0.39, 0.29) is 5.41 Å². The van der Waals surface area contributed by atoms with Crippen LogP contribution >= 0.6 is 0 Å². The number of nitrogens with zero attached hydrogens (tertiary/aromatic N) is 2. The number of nitrogens with one attached hydrogen (secondary N) is 3. The third-order valence-electron chi connectivity index (χ3n) is 7.74. The smallest absolute Gasteiger partial charge is 0.412 e. The monoisotopic (exact) mass is 615 g/mol.